The monoisotopic (exact) mass is 389 g/mol. The number of rotatable bonds is 6. The van der Waals surface area contributed by atoms with Gasteiger partial charge in [0.2, 0.25) is 0 Å². The molecule has 1 saturated heterocycles. The lowest BCUT2D eigenvalue weighted by Crippen LogP contribution is -2.53. The Morgan fingerprint density at radius 2 is 1.66 bits per heavy atom. The van der Waals surface area contributed by atoms with Crippen LogP contribution >= 0.6 is 0 Å². The lowest BCUT2D eigenvalue weighted by atomic mass is 9.77. The minimum atomic E-state index is -1.14. The lowest BCUT2D eigenvalue weighted by molar-refractivity contribution is -0.129. The molecule has 3 heteroatoms. The minimum Gasteiger partial charge on any atom is -0.385 e. The van der Waals surface area contributed by atoms with Crippen molar-refractivity contribution in [2.45, 2.75) is 32.8 Å². The number of allylic oxidation sites excluding steroid dienone is 1. The van der Waals surface area contributed by atoms with E-state index in [0.29, 0.717) is 13.0 Å². The van der Waals surface area contributed by atoms with Gasteiger partial charge in [-0.2, -0.15) is 0 Å². The molecular formula is C26H31NO2. The summed E-state index contributed by atoms with van der Waals surface area (Å²) in [6.07, 6.45) is 7.86. The zero-order chi connectivity index (χ0) is 20.9. The molecule has 0 bridgehead atoms. The maximum absolute atomic E-state index is 13.1. The fourth-order valence-corrected chi connectivity index (χ4v) is 3.91. The average molecular weight is 390 g/mol. The number of aliphatic hydroxyl groups is 1. The third-order valence-electron chi connectivity index (χ3n) is 6.02. The zero-order valence-electron chi connectivity index (χ0n) is 17.6. The Labute approximate surface area is 174 Å². The van der Waals surface area contributed by atoms with Crippen LogP contribution < -0.4 is 0 Å². The van der Waals surface area contributed by atoms with Gasteiger partial charge in [0.15, 0.2) is 5.78 Å². The van der Waals surface area contributed by atoms with Crippen molar-refractivity contribution in [1.82, 2.24) is 4.90 Å². The summed E-state index contributed by atoms with van der Waals surface area (Å²) in [6.45, 7) is 8.42. The summed E-state index contributed by atoms with van der Waals surface area (Å²) < 4.78 is 0. The molecule has 2 aromatic carbocycles. The fourth-order valence-electron chi connectivity index (χ4n) is 3.91. The van der Waals surface area contributed by atoms with Crippen molar-refractivity contribution in [2.75, 3.05) is 19.6 Å². The molecule has 0 radical (unpaired) electrons. The molecule has 3 rings (SSSR count). The largest absolute Gasteiger partial charge is 0.385 e. The van der Waals surface area contributed by atoms with Gasteiger partial charge in [-0.25, -0.2) is 0 Å². The molecule has 0 unspecified atom stereocenters. The first kappa shape index (κ1) is 21.2. The van der Waals surface area contributed by atoms with Gasteiger partial charge in [0, 0.05) is 13.1 Å². The third kappa shape index (κ3) is 5.11. The number of benzene rings is 2. The normalized spacial score (nSPS) is 23.1. The number of aryl methyl sites for hydroxylation is 2. The number of nitrogens with zero attached hydrogens (tertiary/aromatic N) is 1. The molecule has 0 saturated carbocycles. The van der Waals surface area contributed by atoms with Crippen LogP contribution in [0.15, 0.2) is 60.7 Å². The number of hydrogen-bond donors (Lipinski definition) is 1. The van der Waals surface area contributed by atoms with Gasteiger partial charge in [0.25, 0.3) is 0 Å². The molecule has 1 fully saturated rings. The van der Waals surface area contributed by atoms with Crippen LogP contribution in [0, 0.1) is 19.8 Å². The van der Waals surface area contributed by atoms with Gasteiger partial charge in [0.05, 0.1) is 11.5 Å². The molecule has 1 heterocycles. The fraction of sp³-hybridized carbons (Fsp3) is 0.346. The molecule has 0 amide bonds. The van der Waals surface area contributed by atoms with Crippen LogP contribution in [0.4, 0.5) is 0 Å². The third-order valence-corrected chi connectivity index (χ3v) is 6.02. The first-order chi connectivity index (χ1) is 13.9. The molecule has 2 aromatic rings. The van der Waals surface area contributed by atoms with Gasteiger partial charge in [-0.15, -0.1) is 0 Å². The number of carbonyl (C=O) groups is 1. The second-order valence-electron chi connectivity index (χ2n) is 7.97. The molecule has 152 valence electrons. The molecule has 0 aromatic heterocycles. The Bertz CT molecular complexity index is 914. The second-order valence-corrected chi connectivity index (χ2v) is 7.97. The first-order valence-electron chi connectivity index (χ1n) is 10.4. The predicted molar refractivity (Wildman–Crippen MR) is 121 cm³/mol. The summed E-state index contributed by atoms with van der Waals surface area (Å²) in [5.41, 5.74) is 3.25. The van der Waals surface area contributed by atoms with Gasteiger partial charge in [-0.3, -0.25) is 4.79 Å². The molecule has 0 aliphatic carbocycles. The summed E-state index contributed by atoms with van der Waals surface area (Å²) in [7, 11) is 0. The second kappa shape index (κ2) is 9.34. The van der Waals surface area contributed by atoms with E-state index in [1.165, 1.54) is 0 Å². The van der Waals surface area contributed by atoms with Crippen molar-refractivity contribution >= 4 is 17.9 Å². The predicted octanol–water partition coefficient (Wildman–Crippen LogP) is 4.67. The van der Waals surface area contributed by atoms with Gasteiger partial charge in [-0.1, -0.05) is 73.7 Å². The van der Waals surface area contributed by atoms with Crippen molar-refractivity contribution in [1.29, 1.82) is 0 Å². The van der Waals surface area contributed by atoms with Crippen molar-refractivity contribution in [2.24, 2.45) is 5.92 Å². The Hall–Kier alpha value is -2.49. The van der Waals surface area contributed by atoms with E-state index in [0.717, 1.165) is 35.3 Å². The van der Waals surface area contributed by atoms with Crippen LogP contribution in [0.2, 0.25) is 0 Å². The maximum atomic E-state index is 13.1. The van der Waals surface area contributed by atoms with Crippen LogP contribution in [-0.4, -0.2) is 41.0 Å². The van der Waals surface area contributed by atoms with Gasteiger partial charge in [-0.05, 0) is 55.1 Å². The summed E-state index contributed by atoms with van der Waals surface area (Å²) in [6, 6.07) is 16.1. The summed E-state index contributed by atoms with van der Waals surface area (Å²) >= 11 is 0. The molecule has 2 atom stereocenters. The summed E-state index contributed by atoms with van der Waals surface area (Å²) in [4.78, 5) is 15.4. The van der Waals surface area contributed by atoms with Crippen LogP contribution in [0.3, 0.4) is 0 Å². The molecule has 1 aliphatic rings. The smallest absolute Gasteiger partial charge is 0.163 e. The number of likely N-dealkylation sites (tertiary alicyclic amines) is 1. The van der Waals surface area contributed by atoms with E-state index >= 15 is 0 Å². The highest BCUT2D eigenvalue weighted by atomic mass is 16.3. The Balaban J connectivity index is 1.85. The van der Waals surface area contributed by atoms with Crippen molar-refractivity contribution in [3.8, 4) is 0 Å². The van der Waals surface area contributed by atoms with E-state index in [2.05, 4.69) is 24.8 Å². The Kier molecular flexibility index (Phi) is 6.83. The van der Waals surface area contributed by atoms with Crippen molar-refractivity contribution in [3.05, 3.63) is 82.9 Å². The molecule has 1 aliphatic heterocycles. The Morgan fingerprint density at radius 3 is 2.24 bits per heavy atom. The van der Waals surface area contributed by atoms with E-state index in [-0.39, 0.29) is 5.78 Å². The quantitative estimate of drug-likeness (QED) is 0.730. The zero-order valence-corrected chi connectivity index (χ0v) is 17.6. The summed E-state index contributed by atoms with van der Waals surface area (Å²) in [5, 5.41) is 11.5. The molecule has 29 heavy (non-hydrogen) atoms. The van der Waals surface area contributed by atoms with Crippen LogP contribution in [-0.2, 0) is 4.79 Å². The van der Waals surface area contributed by atoms with Crippen LogP contribution in [0.25, 0.3) is 12.2 Å². The number of hydrogen-bond acceptors (Lipinski definition) is 3. The SMILES string of the molecule is CCN1CC[C@](O)(/C=C\c2ccccc2C)[C@H](C(=O)/C=C\c2ccccc2C)C1. The lowest BCUT2D eigenvalue weighted by Gasteiger charge is -2.41. The van der Waals surface area contributed by atoms with Gasteiger partial charge < -0.3 is 10.0 Å². The number of ketones is 1. The Morgan fingerprint density at radius 1 is 1.07 bits per heavy atom. The van der Waals surface area contributed by atoms with Crippen LogP contribution in [0.5, 0.6) is 0 Å². The standard InChI is InChI=1S/C26H31NO2/c1-4-27-18-17-26(29,16-15-23-12-8-6-10-21(23)3)24(19-27)25(28)14-13-22-11-7-5-9-20(22)2/h5-16,24,29H,4,17-19H2,1-3H3/b14-13-,16-15-/t24-,26+/m0/s1. The topological polar surface area (TPSA) is 40.5 Å². The minimum absolute atomic E-state index is 0.0247. The van der Waals surface area contributed by atoms with Crippen molar-refractivity contribution in [3.63, 3.8) is 0 Å². The first-order valence-corrected chi connectivity index (χ1v) is 10.4. The van der Waals surface area contributed by atoms with Gasteiger partial charge in [0.1, 0.15) is 0 Å². The molecular weight excluding hydrogens is 358 g/mol. The highest BCUT2D eigenvalue weighted by molar-refractivity contribution is 5.96. The molecule has 3 nitrogen and oxygen atoms in total. The molecule has 0 spiro atoms. The molecule has 1 N–H and O–H groups in total. The van der Waals surface area contributed by atoms with Gasteiger partial charge >= 0.3 is 0 Å². The van der Waals surface area contributed by atoms with E-state index < -0.39 is 11.5 Å². The van der Waals surface area contributed by atoms with Crippen LogP contribution in [0.1, 0.15) is 35.6 Å². The number of piperidine rings is 1. The van der Waals surface area contributed by atoms with E-state index in [9.17, 15) is 9.90 Å². The van der Waals surface area contributed by atoms with E-state index in [1.807, 2.05) is 67.6 Å². The highest BCUT2D eigenvalue weighted by Crippen LogP contribution is 2.32. The number of carbonyl (C=O) groups excluding carboxylic acids is 1. The van der Waals surface area contributed by atoms with E-state index in [1.54, 1.807) is 6.08 Å². The highest BCUT2D eigenvalue weighted by Gasteiger charge is 2.42. The average Bonchev–Trinajstić information content (AvgIpc) is 2.73. The van der Waals surface area contributed by atoms with E-state index in [4.69, 9.17) is 0 Å². The maximum Gasteiger partial charge on any atom is 0.163 e. The summed E-state index contributed by atoms with van der Waals surface area (Å²) in [5.74, 6) is -0.500. The van der Waals surface area contributed by atoms with Crippen molar-refractivity contribution < 1.29 is 9.90 Å².